The number of aromatic amines is 1. The van der Waals surface area contributed by atoms with Gasteiger partial charge in [-0.3, -0.25) is 9.59 Å². The van der Waals surface area contributed by atoms with Crippen molar-refractivity contribution in [3.05, 3.63) is 51.9 Å². The van der Waals surface area contributed by atoms with E-state index in [1.54, 1.807) is 24.3 Å². The van der Waals surface area contributed by atoms with Gasteiger partial charge in [0.2, 0.25) is 0 Å². The standard InChI is InChI=1S/C18H19FN4O2S/c19-14-10-13(15(20)24)16(22-17(14)26)21-12-6-4-11(5-7-12)18(25)23-8-2-1-3-9-23/h4-7,10H,1-3,8-9H2,(H2,20,24)(H2,21,22,26). The highest BCUT2D eigenvalue weighted by Crippen LogP contribution is 2.21. The summed E-state index contributed by atoms with van der Waals surface area (Å²) in [6, 6.07) is 7.84. The molecular weight excluding hydrogens is 355 g/mol. The predicted octanol–water partition coefficient (Wildman–Crippen LogP) is 3.35. The Balaban J connectivity index is 1.79. The fourth-order valence-electron chi connectivity index (χ4n) is 2.92. The fourth-order valence-corrected chi connectivity index (χ4v) is 3.08. The van der Waals surface area contributed by atoms with E-state index in [2.05, 4.69) is 10.3 Å². The summed E-state index contributed by atoms with van der Waals surface area (Å²) in [5.41, 5.74) is 6.45. The number of nitrogens with two attached hydrogens (primary N) is 1. The first kappa shape index (κ1) is 18.1. The quantitative estimate of drug-likeness (QED) is 0.716. The average molecular weight is 374 g/mol. The molecule has 1 aromatic carbocycles. The van der Waals surface area contributed by atoms with E-state index in [0.29, 0.717) is 11.3 Å². The molecule has 0 radical (unpaired) electrons. The molecule has 3 rings (SSSR count). The Labute approximate surface area is 155 Å². The summed E-state index contributed by atoms with van der Waals surface area (Å²) in [4.78, 5) is 28.5. The van der Waals surface area contributed by atoms with Crippen molar-refractivity contribution in [2.45, 2.75) is 19.3 Å². The minimum atomic E-state index is -0.783. The molecule has 2 aromatic rings. The number of anilines is 2. The number of halogens is 1. The van der Waals surface area contributed by atoms with E-state index >= 15 is 0 Å². The first-order valence-electron chi connectivity index (χ1n) is 8.34. The van der Waals surface area contributed by atoms with Gasteiger partial charge in [-0.05, 0) is 49.6 Å². The summed E-state index contributed by atoms with van der Waals surface area (Å²) in [7, 11) is 0. The van der Waals surface area contributed by atoms with E-state index in [9.17, 15) is 14.0 Å². The fraction of sp³-hybridized carbons (Fsp3) is 0.278. The monoisotopic (exact) mass is 374 g/mol. The summed E-state index contributed by atoms with van der Waals surface area (Å²) >= 11 is 4.86. The lowest BCUT2D eigenvalue weighted by atomic mass is 10.1. The van der Waals surface area contributed by atoms with Crippen LogP contribution in [0.15, 0.2) is 30.3 Å². The van der Waals surface area contributed by atoms with Gasteiger partial charge in [-0.25, -0.2) is 4.39 Å². The Morgan fingerprint density at radius 3 is 2.42 bits per heavy atom. The molecule has 1 aliphatic rings. The van der Waals surface area contributed by atoms with Crippen molar-refractivity contribution >= 4 is 35.5 Å². The van der Waals surface area contributed by atoms with Crippen LogP contribution < -0.4 is 11.1 Å². The molecule has 0 aliphatic carbocycles. The van der Waals surface area contributed by atoms with Crippen molar-refractivity contribution in [3.63, 3.8) is 0 Å². The van der Waals surface area contributed by atoms with Crippen molar-refractivity contribution in [2.24, 2.45) is 5.73 Å². The van der Waals surface area contributed by atoms with E-state index in [0.717, 1.165) is 38.4 Å². The van der Waals surface area contributed by atoms with Crippen LogP contribution in [-0.4, -0.2) is 34.8 Å². The smallest absolute Gasteiger partial charge is 0.253 e. The minimum absolute atomic E-state index is 0.00950. The van der Waals surface area contributed by atoms with E-state index in [-0.39, 0.29) is 21.9 Å². The van der Waals surface area contributed by atoms with Crippen LogP contribution in [0.1, 0.15) is 40.0 Å². The molecule has 2 heterocycles. The molecule has 6 nitrogen and oxygen atoms in total. The van der Waals surface area contributed by atoms with Crippen LogP contribution in [-0.2, 0) is 0 Å². The number of amides is 2. The van der Waals surface area contributed by atoms with Crippen molar-refractivity contribution in [2.75, 3.05) is 18.4 Å². The number of H-pyrrole nitrogens is 1. The lowest BCUT2D eigenvalue weighted by Crippen LogP contribution is -2.35. The summed E-state index contributed by atoms with van der Waals surface area (Å²) < 4.78 is 13.4. The SMILES string of the molecule is NC(=O)c1cc(F)c(=S)[nH]c1Nc1ccc(C(=O)N2CCCCC2)cc1. The number of nitrogens with zero attached hydrogens (tertiary/aromatic N) is 1. The van der Waals surface area contributed by atoms with Gasteiger partial charge in [0.05, 0.1) is 5.56 Å². The molecule has 136 valence electrons. The van der Waals surface area contributed by atoms with Crippen molar-refractivity contribution in [1.82, 2.24) is 9.88 Å². The van der Waals surface area contributed by atoms with Crippen LogP contribution in [0.2, 0.25) is 0 Å². The highest BCUT2D eigenvalue weighted by atomic mass is 32.1. The summed E-state index contributed by atoms with van der Waals surface area (Å²) in [5, 5.41) is 2.95. The Hall–Kier alpha value is -2.74. The second kappa shape index (κ2) is 7.65. The van der Waals surface area contributed by atoms with Crippen LogP contribution in [0.25, 0.3) is 0 Å². The van der Waals surface area contributed by atoms with E-state index in [1.807, 2.05) is 4.90 Å². The van der Waals surface area contributed by atoms with E-state index in [4.69, 9.17) is 18.0 Å². The number of primary amides is 1. The molecular formula is C18H19FN4O2S. The largest absolute Gasteiger partial charge is 0.365 e. The number of carbonyl (C=O) groups is 2. The molecule has 8 heteroatoms. The van der Waals surface area contributed by atoms with E-state index < -0.39 is 11.7 Å². The Morgan fingerprint density at radius 1 is 1.15 bits per heavy atom. The Morgan fingerprint density at radius 2 is 1.81 bits per heavy atom. The molecule has 1 fully saturated rings. The Kier molecular flexibility index (Phi) is 5.32. The number of aromatic nitrogens is 1. The maximum atomic E-state index is 13.6. The average Bonchev–Trinajstić information content (AvgIpc) is 2.65. The van der Waals surface area contributed by atoms with Gasteiger partial charge in [-0.15, -0.1) is 0 Å². The van der Waals surface area contributed by atoms with Gasteiger partial charge in [0, 0.05) is 24.3 Å². The molecule has 26 heavy (non-hydrogen) atoms. The number of benzene rings is 1. The van der Waals surface area contributed by atoms with Crippen molar-refractivity contribution < 1.29 is 14.0 Å². The molecule has 1 aromatic heterocycles. The van der Waals surface area contributed by atoms with Crippen LogP contribution >= 0.6 is 12.2 Å². The molecule has 0 unspecified atom stereocenters. The van der Waals surface area contributed by atoms with Gasteiger partial charge < -0.3 is 20.9 Å². The normalized spacial score (nSPS) is 14.1. The van der Waals surface area contributed by atoms with Crippen LogP contribution in [0, 0.1) is 10.5 Å². The molecule has 2 amide bonds. The summed E-state index contributed by atoms with van der Waals surface area (Å²) in [6.45, 7) is 1.57. The molecule has 4 N–H and O–H groups in total. The van der Waals surface area contributed by atoms with Gasteiger partial charge in [0.25, 0.3) is 11.8 Å². The van der Waals surface area contributed by atoms with Crippen LogP contribution in [0.5, 0.6) is 0 Å². The number of nitrogens with one attached hydrogen (secondary N) is 2. The third-order valence-corrected chi connectivity index (χ3v) is 4.60. The van der Waals surface area contributed by atoms with Gasteiger partial charge in [0.1, 0.15) is 10.5 Å². The highest BCUT2D eigenvalue weighted by molar-refractivity contribution is 7.71. The van der Waals surface area contributed by atoms with Gasteiger partial charge >= 0.3 is 0 Å². The maximum Gasteiger partial charge on any atom is 0.253 e. The predicted molar refractivity (Wildman–Crippen MR) is 99.6 cm³/mol. The zero-order valence-corrected chi connectivity index (χ0v) is 14.9. The number of likely N-dealkylation sites (tertiary alicyclic amines) is 1. The van der Waals surface area contributed by atoms with Crippen LogP contribution in [0.4, 0.5) is 15.9 Å². The zero-order valence-electron chi connectivity index (χ0n) is 14.0. The van der Waals surface area contributed by atoms with Gasteiger partial charge in [0.15, 0.2) is 5.82 Å². The number of piperidine rings is 1. The number of carbonyl (C=O) groups excluding carboxylic acids is 2. The maximum absolute atomic E-state index is 13.6. The topological polar surface area (TPSA) is 91.2 Å². The molecule has 0 atom stereocenters. The second-order valence-electron chi connectivity index (χ2n) is 6.15. The second-order valence-corrected chi connectivity index (χ2v) is 6.56. The summed E-state index contributed by atoms with van der Waals surface area (Å²) in [6.07, 6.45) is 3.23. The lowest BCUT2D eigenvalue weighted by Gasteiger charge is -2.26. The van der Waals surface area contributed by atoms with E-state index in [1.165, 1.54) is 0 Å². The molecule has 0 bridgehead atoms. The molecule has 1 saturated heterocycles. The van der Waals surface area contributed by atoms with Crippen LogP contribution in [0.3, 0.4) is 0 Å². The molecule has 0 spiro atoms. The number of hydrogen-bond donors (Lipinski definition) is 3. The minimum Gasteiger partial charge on any atom is -0.365 e. The molecule has 0 saturated carbocycles. The third-order valence-electron chi connectivity index (χ3n) is 4.31. The Bertz CT molecular complexity index is 889. The third kappa shape index (κ3) is 3.91. The molecule has 1 aliphatic heterocycles. The zero-order chi connectivity index (χ0) is 18.7. The first-order valence-corrected chi connectivity index (χ1v) is 8.75. The first-order chi connectivity index (χ1) is 12.5. The van der Waals surface area contributed by atoms with Crippen molar-refractivity contribution in [3.8, 4) is 0 Å². The number of pyridine rings is 1. The van der Waals surface area contributed by atoms with Gasteiger partial charge in [-0.2, -0.15) is 0 Å². The number of rotatable bonds is 4. The highest BCUT2D eigenvalue weighted by Gasteiger charge is 2.18. The number of hydrogen-bond acceptors (Lipinski definition) is 4. The lowest BCUT2D eigenvalue weighted by molar-refractivity contribution is 0.0724. The summed E-state index contributed by atoms with van der Waals surface area (Å²) in [5.74, 6) is -1.29. The van der Waals surface area contributed by atoms with Crippen molar-refractivity contribution in [1.29, 1.82) is 0 Å². The van der Waals surface area contributed by atoms with Gasteiger partial charge in [-0.1, -0.05) is 12.2 Å².